The van der Waals surface area contributed by atoms with Gasteiger partial charge in [0.25, 0.3) is 0 Å². The first-order chi connectivity index (χ1) is 12.1. The fraction of sp³-hybridized carbons (Fsp3) is 0.111. The molecule has 0 saturated heterocycles. The number of aromatic nitrogens is 3. The van der Waals surface area contributed by atoms with Gasteiger partial charge in [-0.05, 0) is 24.6 Å². The Kier molecular flexibility index (Phi) is 5.25. The maximum absolute atomic E-state index is 12.8. The number of thioether (sulfide) groups is 1. The minimum Gasteiger partial charge on any atom is -0.325 e. The molecule has 3 aromatic rings. The van der Waals surface area contributed by atoms with Gasteiger partial charge in [0.2, 0.25) is 5.91 Å². The number of Topliss-reactive ketones (excluding diaryl/α,β-unsaturated/α-hetero) is 1. The lowest BCUT2D eigenvalue weighted by Gasteiger charge is -2.16. The van der Waals surface area contributed by atoms with Crippen LogP contribution in [0.2, 0.25) is 0 Å². The number of rotatable bonds is 6. The van der Waals surface area contributed by atoms with E-state index in [0.717, 1.165) is 5.56 Å². The Labute approximate surface area is 149 Å². The fourth-order valence-electron chi connectivity index (χ4n) is 2.29. The molecule has 3 rings (SSSR count). The molecule has 1 heterocycles. The van der Waals surface area contributed by atoms with Gasteiger partial charge in [-0.1, -0.05) is 54.2 Å². The number of nitrogens with zero attached hydrogens (tertiary/aromatic N) is 2. The molecule has 25 heavy (non-hydrogen) atoms. The molecule has 0 unspecified atom stereocenters. The van der Waals surface area contributed by atoms with Crippen molar-refractivity contribution in [2.45, 2.75) is 17.3 Å². The van der Waals surface area contributed by atoms with E-state index in [1.165, 1.54) is 25.0 Å². The Balaban J connectivity index is 1.84. The number of hydrogen-bond acceptors (Lipinski definition) is 5. The number of aromatic amines is 1. The molecule has 6 nitrogen and oxygen atoms in total. The van der Waals surface area contributed by atoms with Crippen LogP contribution in [0.4, 0.5) is 5.69 Å². The summed E-state index contributed by atoms with van der Waals surface area (Å²) in [4.78, 5) is 28.4. The molecular formula is C18H16N4O2S. The van der Waals surface area contributed by atoms with Gasteiger partial charge < -0.3 is 5.32 Å². The molecule has 2 N–H and O–H groups in total. The van der Waals surface area contributed by atoms with Gasteiger partial charge in [-0.2, -0.15) is 5.10 Å². The highest BCUT2D eigenvalue weighted by atomic mass is 32.2. The van der Waals surface area contributed by atoms with E-state index in [-0.39, 0.29) is 11.7 Å². The number of ketones is 1. The van der Waals surface area contributed by atoms with Crippen LogP contribution in [0, 0.1) is 0 Å². The second kappa shape index (κ2) is 7.76. The first-order valence-corrected chi connectivity index (χ1v) is 8.50. The summed E-state index contributed by atoms with van der Waals surface area (Å²) in [7, 11) is 0. The molecule has 2 aromatic carbocycles. The lowest BCUT2D eigenvalue weighted by Crippen LogP contribution is -2.19. The number of hydrogen-bond donors (Lipinski definition) is 2. The van der Waals surface area contributed by atoms with Crippen LogP contribution in [0.15, 0.2) is 66.1 Å². The Morgan fingerprint density at radius 2 is 1.92 bits per heavy atom. The van der Waals surface area contributed by atoms with E-state index in [4.69, 9.17) is 0 Å². The number of H-pyrrole nitrogens is 1. The maximum atomic E-state index is 12.8. The third-order valence-electron chi connectivity index (χ3n) is 3.50. The summed E-state index contributed by atoms with van der Waals surface area (Å²) in [5, 5.41) is 9.50. The number of carbonyl (C=O) groups excluding carboxylic acids is 2. The van der Waals surface area contributed by atoms with E-state index < -0.39 is 5.25 Å². The van der Waals surface area contributed by atoms with Crippen molar-refractivity contribution in [1.29, 1.82) is 0 Å². The number of anilines is 1. The maximum Gasteiger partial charge on any atom is 0.242 e. The zero-order valence-electron chi connectivity index (χ0n) is 13.5. The lowest BCUT2D eigenvalue weighted by atomic mass is 10.1. The first kappa shape index (κ1) is 16.9. The second-order valence-corrected chi connectivity index (χ2v) is 6.42. The number of amides is 1. The Bertz CT molecular complexity index is 866. The van der Waals surface area contributed by atoms with Crippen molar-refractivity contribution < 1.29 is 9.59 Å². The zero-order valence-corrected chi connectivity index (χ0v) is 14.3. The molecule has 126 valence electrons. The summed E-state index contributed by atoms with van der Waals surface area (Å²) in [6.07, 6.45) is 1.40. The van der Waals surface area contributed by atoms with Gasteiger partial charge in [-0.15, -0.1) is 0 Å². The number of benzene rings is 2. The van der Waals surface area contributed by atoms with Crippen molar-refractivity contribution >= 4 is 29.1 Å². The molecule has 0 aliphatic heterocycles. The summed E-state index contributed by atoms with van der Waals surface area (Å²) in [5.41, 5.74) is 1.98. The Morgan fingerprint density at radius 3 is 2.60 bits per heavy atom. The minimum absolute atomic E-state index is 0.0493. The molecule has 0 spiro atoms. The fourth-order valence-corrected chi connectivity index (χ4v) is 3.18. The molecule has 0 bridgehead atoms. The largest absolute Gasteiger partial charge is 0.325 e. The predicted molar refractivity (Wildman–Crippen MR) is 96.5 cm³/mol. The number of nitrogens with one attached hydrogen (secondary N) is 2. The van der Waals surface area contributed by atoms with E-state index in [0.29, 0.717) is 16.4 Å². The van der Waals surface area contributed by atoms with Crippen LogP contribution < -0.4 is 5.32 Å². The van der Waals surface area contributed by atoms with Crippen molar-refractivity contribution in [2.24, 2.45) is 0 Å². The van der Waals surface area contributed by atoms with Gasteiger partial charge in [0, 0.05) is 11.3 Å². The van der Waals surface area contributed by atoms with Crippen LogP contribution in [0.1, 0.15) is 28.1 Å². The average Bonchev–Trinajstić information content (AvgIpc) is 3.14. The molecule has 0 radical (unpaired) electrons. The van der Waals surface area contributed by atoms with E-state index in [1.807, 2.05) is 30.3 Å². The summed E-state index contributed by atoms with van der Waals surface area (Å²) in [5.74, 6) is -0.250. The molecular weight excluding hydrogens is 336 g/mol. The smallest absolute Gasteiger partial charge is 0.242 e. The molecule has 7 heteroatoms. The summed E-state index contributed by atoms with van der Waals surface area (Å²) < 4.78 is 0. The molecule has 0 fully saturated rings. The van der Waals surface area contributed by atoms with Crippen LogP contribution >= 0.6 is 11.8 Å². The molecule has 0 aliphatic carbocycles. The Hall–Kier alpha value is -2.93. The van der Waals surface area contributed by atoms with E-state index >= 15 is 0 Å². The van der Waals surface area contributed by atoms with Crippen molar-refractivity contribution in [3.05, 3.63) is 72.1 Å². The summed E-state index contributed by atoms with van der Waals surface area (Å²) in [6, 6.07) is 16.3. The van der Waals surface area contributed by atoms with Crippen LogP contribution in [-0.2, 0) is 4.79 Å². The third kappa shape index (κ3) is 4.33. The highest BCUT2D eigenvalue weighted by molar-refractivity contribution is 8.00. The molecule has 1 aromatic heterocycles. The number of carbonyl (C=O) groups is 2. The standard InChI is InChI=1S/C18H16N4O2S/c1-12(23)14-8-5-9-15(10-14)21-17(24)16(13-6-3-2-4-7-13)25-18-19-11-20-22-18/h2-11,16H,1H3,(H,21,24)(H,19,20,22)/t16-/m0/s1. The highest BCUT2D eigenvalue weighted by Crippen LogP contribution is 2.34. The topological polar surface area (TPSA) is 87.7 Å². The molecule has 0 saturated carbocycles. The van der Waals surface area contributed by atoms with Crippen molar-refractivity contribution in [1.82, 2.24) is 15.2 Å². The van der Waals surface area contributed by atoms with E-state index in [9.17, 15) is 9.59 Å². The van der Waals surface area contributed by atoms with Gasteiger partial charge in [-0.25, -0.2) is 4.98 Å². The lowest BCUT2D eigenvalue weighted by molar-refractivity contribution is -0.115. The SMILES string of the molecule is CC(=O)c1cccc(NC(=O)[C@@H](Sc2ncn[nH]2)c2ccccc2)c1. The van der Waals surface area contributed by atoms with E-state index in [1.54, 1.807) is 24.3 Å². The van der Waals surface area contributed by atoms with Crippen LogP contribution in [0.25, 0.3) is 0 Å². The van der Waals surface area contributed by atoms with Crippen molar-refractivity contribution in [3.63, 3.8) is 0 Å². The summed E-state index contributed by atoms with van der Waals surface area (Å²) >= 11 is 1.28. The van der Waals surface area contributed by atoms with Gasteiger partial charge >= 0.3 is 0 Å². The summed E-state index contributed by atoms with van der Waals surface area (Å²) in [6.45, 7) is 1.49. The Morgan fingerprint density at radius 1 is 1.12 bits per heavy atom. The first-order valence-electron chi connectivity index (χ1n) is 7.62. The molecule has 0 aliphatic rings. The van der Waals surface area contributed by atoms with Crippen LogP contribution in [0.3, 0.4) is 0 Å². The van der Waals surface area contributed by atoms with Gasteiger partial charge in [-0.3, -0.25) is 14.7 Å². The van der Waals surface area contributed by atoms with Crippen molar-refractivity contribution in [3.8, 4) is 0 Å². The highest BCUT2D eigenvalue weighted by Gasteiger charge is 2.23. The quantitative estimate of drug-likeness (QED) is 0.524. The zero-order chi connectivity index (χ0) is 17.6. The predicted octanol–water partition coefficient (Wildman–Crippen LogP) is 3.48. The monoisotopic (exact) mass is 352 g/mol. The van der Waals surface area contributed by atoms with Gasteiger partial charge in [0.05, 0.1) is 0 Å². The van der Waals surface area contributed by atoms with Crippen LogP contribution in [-0.4, -0.2) is 26.9 Å². The van der Waals surface area contributed by atoms with Crippen molar-refractivity contribution in [2.75, 3.05) is 5.32 Å². The minimum atomic E-state index is -0.505. The second-order valence-electron chi connectivity index (χ2n) is 5.33. The normalized spacial score (nSPS) is 11.7. The van der Waals surface area contributed by atoms with Gasteiger partial charge in [0.1, 0.15) is 11.6 Å². The van der Waals surface area contributed by atoms with E-state index in [2.05, 4.69) is 20.5 Å². The van der Waals surface area contributed by atoms with Crippen LogP contribution in [0.5, 0.6) is 0 Å². The van der Waals surface area contributed by atoms with Gasteiger partial charge in [0.15, 0.2) is 10.9 Å². The molecule has 1 amide bonds. The third-order valence-corrected chi connectivity index (χ3v) is 4.64. The molecule has 1 atom stereocenters. The average molecular weight is 352 g/mol.